The minimum atomic E-state index is -0.117. The predicted octanol–water partition coefficient (Wildman–Crippen LogP) is 3.24. The number of rotatable bonds is 4. The van der Waals surface area contributed by atoms with E-state index in [-0.39, 0.29) is 17.3 Å². The molecule has 0 saturated carbocycles. The zero-order chi connectivity index (χ0) is 13.9. The third-order valence-corrected chi connectivity index (χ3v) is 3.79. The lowest BCUT2D eigenvalue weighted by Crippen LogP contribution is -2.02. The maximum Gasteiger partial charge on any atom is 0.176 e. The van der Waals surface area contributed by atoms with Crippen LogP contribution in [-0.4, -0.2) is 26.6 Å². The highest BCUT2D eigenvalue weighted by atomic mass is 32.2. The zero-order valence-electron chi connectivity index (χ0n) is 10.5. The molecule has 0 spiro atoms. The van der Waals surface area contributed by atoms with E-state index in [1.54, 1.807) is 18.2 Å². The Labute approximate surface area is 119 Å². The highest BCUT2D eigenvalue weighted by Gasteiger charge is 2.12. The van der Waals surface area contributed by atoms with Gasteiger partial charge < -0.3 is 10.1 Å². The van der Waals surface area contributed by atoms with Gasteiger partial charge in [0.2, 0.25) is 0 Å². The number of benzene rings is 2. The predicted molar refractivity (Wildman–Crippen MR) is 79.3 cm³/mol. The molecule has 100 valence electrons. The molecule has 0 unspecified atom stereocenters. The molecule has 20 heavy (non-hydrogen) atoms. The number of phenolic OH excluding ortho intramolecular Hbond substituents is 1. The van der Waals surface area contributed by atoms with Gasteiger partial charge in [-0.15, -0.1) is 0 Å². The number of H-pyrrole nitrogens is 1. The number of phenols is 1. The molecule has 3 rings (SSSR count). The number of para-hydroxylation sites is 3. The van der Waals surface area contributed by atoms with Gasteiger partial charge in [-0.3, -0.25) is 4.79 Å². The number of nitrogens with one attached hydrogen (secondary N) is 1. The number of carbonyl (C=O) groups is 1. The lowest BCUT2D eigenvalue weighted by molar-refractivity contribution is 0.102. The summed E-state index contributed by atoms with van der Waals surface area (Å²) in [6.07, 6.45) is 0. The number of nitrogens with zero attached hydrogens (tertiary/aromatic N) is 1. The molecule has 3 aromatic rings. The van der Waals surface area contributed by atoms with E-state index in [1.165, 1.54) is 17.8 Å². The molecule has 4 nitrogen and oxygen atoms in total. The number of aromatic amines is 1. The Morgan fingerprint density at radius 2 is 1.90 bits per heavy atom. The van der Waals surface area contributed by atoms with Gasteiger partial charge in [0.05, 0.1) is 22.3 Å². The summed E-state index contributed by atoms with van der Waals surface area (Å²) in [7, 11) is 0. The minimum Gasteiger partial charge on any atom is -0.507 e. The summed E-state index contributed by atoms with van der Waals surface area (Å²) in [6.45, 7) is 0. The molecular weight excluding hydrogens is 272 g/mol. The van der Waals surface area contributed by atoms with Crippen LogP contribution in [0.3, 0.4) is 0 Å². The molecule has 0 saturated heterocycles. The van der Waals surface area contributed by atoms with Crippen LogP contribution in [-0.2, 0) is 0 Å². The molecule has 0 radical (unpaired) electrons. The Morgan fingerprint density at radius 1 is 1.15 bits per heavy atom. The zero-order valence-corrected chi connectivity index (χ0v) is 11.4. The van der Waals surface area contributed by atoms with Crippen molar-refractivity contribution in [3.8, 4) is 5.75 Å². The highest BCUT2D eigenvalue weighted by Crippen LogP contribution is 2.22. The Balaban J connectivity index is 1.73. The van der Waals surface area contributed by atoms with Gasteiger partial charge in [-0.2, -0.15) is 0 Å². The lowest BCUT2D eigenvalue weighted by Gasteiger charge is -2.01. The molecular formula is C15H12N2O2S. The van der Waals surface area contributed by atoms with Gasteiger partial charge in [0, 0.05) is 0 Å². The minimum absolute atomic E-state index is 0.0164. The van der Waals surface area contributed by atoms with E-state index < -0.39 is 0 Å². The van der Waals surface area contributed by atoms with Crippen molar-refractivity contribution in [2.45, 2.75) is 5.16 Å². The van der Waals surface area contributed by atoms with Gasteiger partial charge in [0.25, 0.3) is 0 Å². The molecule has 0 aliphatic rings. The van der Waals surface area contributed by atoms with E-state index in [1.807, 2.05) is 24.3 Å². The molecule has 2 N–H and O–H groups in total. The number of aromatic nitrogens is 2. The fraction of sp³-hybridized carbons (Fsp3) is 0.0667. The Bertz CT molecular complexity index is 734. The average Bonchev–Trinajstić information content (AvgIpc) is 2.88. The van der Waals surface area contributed by atoms with E-state index >= 15 is 0 Å². The first-order valence-electron chi connectivity index (χ1n) is 6.13. The van der Waals surface area contributed by atoms with Crippen LogP contribution in [0.15, 0.2) is 53.7 Å². The second-order valence-corrected chi connectivity index (χ2v) is 5.25. The van der Waals surface area contributed by atoms with Crippen molar-refractivity contribution in [1.29, 1.82) is 0 Å². The summed E-state index contributed by atoms with van der Waals surface area (Å²) in [5.41, 5.74) is 2.17. The molecule has 1 aromatic heterocycles. The molecule has 0 amide bonds. The topological polar surface area (TPSA) is 66.0 Å². The van der Waals surface area contributed by atoms with Gasteiger partial charge in [0.15, 0.2) is 10.9 Å². The standard InChI is InChI=1S/C15H12N2O2S/c18-13-8-4-1-5-10(13)14(19)9-20-15-16-11-6-2-3-7-12(11)17-15/h1-8,18H,9H2,(H,16,17). The first kappa shape index (κ1) is 12.7. The third-order valence-electron chi connectivity index (χ3n) is 2.91. The van der Waals surface area contributed by atoms with E-state index in [4.69, 9.17) is 0 Å². The number of Topliss-reactive ketones (excluding diaryl/α,β-unsaturated/α-hetero) is 1. The van der Waals surface area contributed by atoms with Crippen molar-refractivity contribution in [2.75, 3.05) is 5.75 Å². The Kier molecular flexibility index (Phi) is 3.43. The number of ketones is 1. The molecule has 0 fully saturated rings. The van der Waals surface area contributed by atoms with Crippen LogP contribution in [0, 0.1) is 0 Å². The summed E-state index contributed by atoms with van der Waals surface area (Å²) >= 11 is 1.33. The average molecular weight is 284 g/mol. The summed E-state index contributed by atoms with van der Waals surface area (Å²) in [6, 6.07) is 14.3. The highest BCUT2D eigenvalue weighted by molar-refractivity contribution is 7.99. The first-order chi connectivity index (χ1) is 9.74. The van der Waals surface area contributed by atoms with Crippen LogP contribution in [0.4, 0.5) is 0 Å². The molecule has 0 aliphatic carbocycles. The summed E-state index contributed by atoms with van der Waals surface area (Å²) in [5, 5.41) is 10.3. The third kappa shape index (κ3) is 2.53. The van der Waals surface area contributed by atoms with Crippen molar-refractivity contribution in [3.63, 3.8) is 0 Å². The normalized spacial score (nSPS) is 10.8. The number of aromatic hydroxyl groups is 1. The maximum absolute atomic E-state index is 12.0. The smallest absolute Gasteiger partial charge is 0.176 e. The van der Waals surface area contributed by atoms with Crippen LogP contribution in [0.1, 0.15) is 10.4 Å². The summed E-state index contributed by atoms with van der Waals surface area (Å²) in [4.78, 5) is 19.6. The largest absolute Gasteiger partial charge is 0.507 e. The van der Waals surface area contributed by atoms with Gasteiger partial charge in [-0.1, -0.05) is 36.0 Å². The fourth-order valence-corrected chi connectivity index (χ4v) is 2.69. The number of hydrogen-bond acceptors (Lipinski definition) is 4. The van der Waals surface area contributed by atoms with Crippen molar-refractivity contribution in [3.05, 3.63) is 54.1 Å². The Morgan fingerprint density at radius 3 is 2.70 bits per heavy atom. The van der Waals surface area contributed by atoms with Gasteiger partial charge in [0.1, 0.15) is 5.75 Å². The molecule has 2 aromatic carbocycles. The summed E-state index contributed by atoms with van der Waals surface area (Å²) in [5.74, 6) is 0.133. The monoisotopic (exact) mass is 284 g/mol. The summed E-state index contributed by atoms with van der Waals surface area (Å²) < 4.78 is 0. The number of carbonyl (C=O) groups excluding carboxylic acids is 1. The number of thioether (sulfide) groups is 1. The van der Waals surface area contributed by atoms with Crippen molar-refractivity contribution >= 4 is 28.6 Å². The SMILES string of the molecule is O=C(CSc1nc2ccccc2[nH]1)c1ccccc1O. The second-order valence-electron chi connectivity index (χ2n) is 4.29. The maximum atomic E-state index is 12.0. The fourth-order valence-electron chi connectivity index (χ4n) is 1.92. The van der Waals surface area contributed by atoms with Gasteiger partial charge in [-0.25, -0.2) is 4.98 Å². The Hall–Kier alpha value is -2.27. The molecule has 0 aliphatic heterocycles. The second kappa shape index (κ2) is 5.38. The van der Waals surface area contributed by atoms with Crippen LogP contribution in [0.5, 0.6) is 5.75 Å². The van der Waals surface area contributed by atoms with Crippen LogP contribution < -0.4 is 0 Å². The molecule has 0 bridgehead atoms. The lowest BCUT2D eigenvalue weighted by atomic mass is 10.1. The van der Waals surface area contributed by atoms with Crippen molar-refractivity contribution in [2.24, 2.45) is 0 Å². The van der Waals surface area contributed by atoms with E-state index in [2.05, 4.69) is 9.97 Å². The van der Waals surface area contributed by atoms with Crippen molar-refractivity contribution in [1.82, 2.24) is 9.97 Å². The molecule has 1 heterocycles. The van der Waals surface area contributed by atoms with Gasteiger partial charge >= 0.3 is 0 Å². The van der Waals surface area contributed by atoms with Crippen LogP contribution in [0.25, 0.3) is 11.0 Å². The van der Waals surface area contributed by atoms with Gasteiger partial charge in [-0.05, 0) is 24.3 Å². The van der Waals surface area contributed by atoms with Crippen LogP contribution >= 0.6 is 11.8 Å². The number of fused-ring (bicyclic) bond motifs is 1. The van der Waals surface area contributed by atoms with E-state index in [0.29, 0.717) is 10.7 Å². The number of hydrogen-bond donors (Lipinski definition) is 2. The molecule has 0 atom stereocenters. The van der Waals surface area contributed by atoms with Crippen molar-refractivity contribution < 1.29 is 9.90 Å². The quantitative estimate of drug-likeness (QED) is 0.570. The van der Waals surface area contributed by atoms with E-state index in [9.17, 15) is 9.90 Å². The molecule has 5 heteroatoms. The number of imidazole rings is 1. The van der Waals surface area contributed by atoms with Crippen LogP contribution in [0.2, 0.25) is 0 Å². The first-order valence-corrected chi connectivity index (χ1v) is 7.11. The van der Waals surface area contributed by atoms with E-state index in [0.717, 1.165) is 11.0 Å².